The number of ether oxygens (including phenoxy) is 1. The number of primary sulfonamides is 1. The van der Waals surface area contributed by atoms with Crippen molar-refractivity contribution in [1.82, 2.24) is 9.97 Å². The van der Waals surface area contributed by atoms with Crippen LogP contribution in [-0.4, -0.2) is 49.2 Å². The van der Waals surface area contributed by atoms with Crippen LogP contribution in [0.2, 0.25) is 0 Å². The van der Waals surface area contributed by atoms with Crippen LogP contribution in [-0.2, 0) is 19.6 Å². The summed E-state index contributed by atoms with van der Waals surface area (Å²) >= 11 is 0. The number of hydrogen-bond donors (Lipinski definition) is 2. The van der Waals surface area contributed by atoms with Crippen LogP contribution < -0.4 is 15.6 Å². The molecule has 1 saturated heterocycles. The number of hydrogen-bond acceptors (Lipinski definition) is 7. The van der Waals surface area contributed by atoms with Gasteiger partial charge < -0.3 is 4.74 Å². The molecule has 2 rings (SSSR count). The molecule has 23 heavy (non-hydrogen) atoms. The van der Waals surface area contributed by atoms with E-state index < -0.39 is 27.5 Å². The Morgan fingerprint density at radius 2 is 2.22 bits per heavy atom. The van der Waals surface area contributed by atoms with Gasteiger partial charge in [-0.25, -0.2) is 23.3 Å². The van der Waals surface area contributed by atoms with E-state index in [-0.39, 0.29) is 42.7 Å². The molecule has 1 aliphatic rings. The van der Waals surface area contributed by atoms with Crippen LogP contribution >= 0.6 is 0 Å². The standard InChI is InChI=1S/C12H16N4O6S/c1-2-22-11(19)8-4-14-12(15-10(8)18)16-5-7(3-9(16)17)6-23(13,20)21/h4,7H,2-3,5-6H2,1H3,(H2,13,20,21)(H,14,15,18). The van der Waals surface area contributed by atoms with Gasteiger partial charge in [0.15, 0.2) is 0 Å². The number of carbonyl (C=O) groups is 2. The summed E-state index contributed by atoms with van der Waals surface area (Å²) in [5, 5.41) is 4.97. The highest BCUT2D eigenvalue weighted by atomic mass is 32.2. The zero-order valence-electron chi connectivity index (χ0n) is 12.3. The van der Waals surface area contributed by atoms with E-state index in [2.05, 4.69) is 9.97 Å². The van der Waals surface area contributed by atoms with Gasteiger partial charge in [0.1, 0.15) is 5.56 Å². The molecule has 2 heterocycles. The summed E-state index contributed by atoms with van der Waals surface area (Å²) in [7, 11) is -3.70. The van der Waals surface area contributed by atoms with Gasteiger partial charge in [-0.2, -0.15) is 0 Å². The molecular formula is C12H16N4O6S. The first-order valence-electron chi connectivity index (χ1n) is 6.78. The number of nitrogens with one attached hydrogen (secondary N) is 1. The summed E-state index contributed by atoms with van der Waals surface area (Å²) in [6.45, 7) is 1.78. The third kappa shape index (κ3) is 4.13. The summed E-state index contributed by atoms with van der Waals surface area (Å²) in [6.07, 6.45) is 1.01. The van der Waals surface area contributed by atoms with Crippen molar-refractivity contribution in [1.29, 1.82) is 0 Å². The lowest BCUT2D eigenvalue weighted by Crippen LogP contribution is -2.31. The molecule has 10 nitrogen and oxygen atoms in total. The molecule has 0 radical (unpaired) electrons. The van der Waals surface area contributed by atoms with E-state index in [4.69, 9.17) is 9.88 Å². The molecule has 126 valence electrons. The summed E-state index contributed by atoms with van der Waals surface area (Å²) in [5.41, 5.74) is -1.01. The maximum atomic E-state index is 11.9. The molecular weight excluding hydrogens is 328 g/mol. The van der Waals surface area contributed by atoms with Gasteiger partial charge in [-0.3, -0.25) is 19.5 Å². The van der Waals surface area contributed by atoms with Crippen molar-refractivity contribution in [2.45, 2.75) is 13.3 Å². The average Bonchev–Trinajstić information content (AvgIpc) is 2.77. The number of esters is 1. The number of amides is 1. The number of aromatic amines is 1. The third-order valence-electron chi connectivity index (χ3n) is 3.21. The summed E-state index contributed by atoms with van der Waals surface area (Å²) in [4.78, 5) is 42.7. The van der Waals surface area contributed by atoms with Crippen molar-refractivity contribution in [2.24, 2.45) is 11.1 Å². The van der Waals surface area contributed by atoms with Crippen LogP contribution in [0.5, 0.6) is 0 Å². The average molecular weight is 344 g/mol. The molecule has 1 fully saturated rings. The smallest absolute Gasteiger partial charge is 0.345 e. The fraction of sp³-hybridized carbons (Fsp3) is 0.500. The van der Waals surface area contributed by atoms with Gasteiger partial charge in [0.2, 0.25) is 21.9 Å². The van der Waals surface area contributed by atoms with Gasteiger partial charge in [0.05, 0.1) is 18.6 Å². The SMILES string of the molecule is CCOC(=O)c1cnc(N2CC(CS(N)(=O)=O)CC2=O)[nH]c1=O. The normalized spacial score (nSPS) is 18.3. The molecule has 0 aromatic carbocycles. The summed E-state index contributed by atoms with van der Waals surface area (Å²) < 4.78 is 26.9. The van der Waals surface area contributed by atoms with Gasteiger partial charge >= 0.3 is 5.97 Å². The fourth-order valence-electron chi connectivity index (χ4n) is 2.30. The van der Waals surface area contributed by atoms with Gasteiger partial charge in [-0.1, -0.05) is 0 Å². The highest BCUT2D eigenvalue weighted by Gasteiger charge is 2.34. The lowest BCUT2D eigenvalue weighted by Gasteiger charge is -2.14. The lowest BCUT2D eigenvalue weighted by molar-refractivity contribution is -0.117. The van der Waals surface area contributed by atoms with E-state index in [0.717, 1.165) is 11.1 Å². The first-order chi connectivity index (χ1) is 10.7. The highest BCUT2D eigenvalue weighted by Crippen LogP contribution is 2.22. The largest absolute Gasteiger partial charge is 0.462 e. The molecule has 0 spiro atoms. The van der Waals surface area contributed by atoms with E-state index in [1.54, 1.807) is 6.92 Å². The van der Waals surface area contributed by atoms with Gasteiger partial charge in [-0.05, 0) is 6.92 Å². The first-order valence-corrected chi connectivity index (χ1v) is 8.50. The maximum Gasteiger partial charge on any atom is 0.345 e. The van der Waals surface area contributed by atoms with Crippen LogP contribution in [0.1, 0.15) is 23.7 Å². The third-order valence-corrected chi connectivity index (χ3v) is 4.15. The minimum absolute atomic E-state index is 0.0141. The van der Waals surface area contributed by atoms with Crippen molar-refractivity contribution in [3.05, 3.63) is 22.1 Å². The van der Waals surface area contributed by atoms with E-state index in [0.29, 0.717) is 0 Å². The maximum absolute atomic E-state index is 11.9. The lowest BCUT2D eigenvalue weighted by atomic mass is 10.1. The monoisotopic (exact) mass is 344 g/mol. The van der Waals surface area contributed by atoms with Crippen molar-refractivity contribution in [2.75, 3.05) is 23.8 Å². The number of H-pyrrole nitrogens is 1. The van der Waals surface area contributed by atoms with E-state index >= 15 is 0 Å². The van der Waals surface area contributed by atoms with Crippen molar-refractivity contribution in [3.8, 4) is 0 Å². The number of aromatic nitrogens is 2. The van der Waals surface area contributed by atoms with Crippen LogP contribution in [0.3, 0.4) is 0 Å². The van der Waals surface area contributed by atoms with Crippen molar-refractivity contribution >= 4 is 27.8 Å². The van der Waals surface area contributed by atoms with Crippen LogP contribution in [0.25, 0.3) is 0 Å². The molecule has 0 bridgehead atoms. The fourth-order valence-corrected chi connectivity index (χ4v) is 3.18. The molecule has 11 heteroatoms. The Bertz CT molecular complexity index is 787. The zero-order chi connectivity index (χ0) is 17.2. The highest BCUT2D eigenvalue weighted by molar-refractivity contribution is 7.89. The number of nitrogens with two attached hydrogens (primary N) is 1. The quantitative estimate of drug-likeness (QED) is 0.622. The predicted octanol–water partition coefficient (Wildman–Crippen LogP) is -1.41. The topological polar surface area (TPSA) is 153 Å². The molecule has 0 saturated carbocycles. The number of anilines is 1. The molecule has 0 aliphatic carbocycles. The number of nitrogens with zero attached hydrogens (tertiary/aromatic N) is 2. The Balaban J connectivity index is 2.20. The molecule has 1 aliphatic heterocycles. The second-order valence-electron chi connectivity index (χ2n) is 5.07. The molecule has 3 N–H and O–H groups in total. The van der Waals surface area contributed by atoms with Gasteiger partial charge in [0.25, 0.3) is 5.56 Å². The van der Waals surface area contributed by atoms with Crippen molar-refractivity contribution < 1.29 is 22.7 Å². The van der Waals surface area contributed by atoms with Gasteiger partial charge in [-0.15, -0.1) is 0 Å². The van der Waals surface area contributed by atoms with Crippen LogP contribution in [0.4, 0.5) is 5.95 Å². The van der Waals surface area contributed by atoms with Crippen molar-refractivity contribution in [3.63, 3.8) is 0 Å². The van der Waals surface area contributed by atoms with E-state index in [1.807, 2.05) is 0 Å². The molecule has 1 atom stereocenters. The Morgan fingerprint density at radius 3 is 2.78 bits per heavy atom. The summed E-state index contributed by atoms with van der Waals surface area (Å²) in [5.74, 6) is -2.06. The molecule has 1 amide bonds. The Labute approximate surface area is 131 Å². The number of sulfonamides is 1. The second-order valence-corrected chi connectivity index (χ2v) is 6.73. The van der Waals surface area contributed by atoms with Gasteiger partial charge in [0, 0.05) is 18.9 Å². The molecule has 1 unspecified atom stereocenters. The summed E-state index contributed by atoms with van der Waals surface area (Å²) in [6, 6.07) is 0. The molecule has 1 aromatic rings. The molecule has 1 aromatic heterocycles. The minimum Gasteiger partial charge on any atom is -0.462 e. The minimum atomic E-state index is -3.70. The second kappa shape index (κ2) is 6.46. The Kier molecular flexibility index (Phi) is 4.80. The number of carbonyl (C=O) groups excluding carboxylic acids is 2. The number of rotatable bonds is 5. The predicted molar refractivity (Wildman–Crippen MR) is 79.2 cm³/mol. The Hall–Kier alpha value is -2.27. The van der Waals surface area contributed by atoms with Crippen LogP contribution in [0, 0.1) is 5.92 Å². The Morgan fingerprint density at radius 1 is 1.52 bits per heavy atom. The van der Waals surface area contributed by atoms with Crippen LogP contribution in [0.15, 0.2) is 11.0 Å². The van der Waals surface area contributed by atoms with E-state index in [9.17, 15) is 22.8 Å². The van der Waals surface area contributed by atoms with E-state index in [1.165, 1.54) is 0 Å². The zero-order valence-corrected chi connectivity index (χ0v) is 13.1. The first kappa shape index (κ1) is 17.1.